The van der Waals surface area contributed by atoms with Crippen LogP contribution in [0.3, 0.4) is 0 Å². The maximum atomic E-state index is 13.7. The normalized spacial score (nSPS) is 20.5. The third-order valence-corrected chi connectivity index (χ3v) is 5.21. The molecule has 1 aliphatic carbocycles. The van der Waals surface area contributed by atoms with Gasteiger partial charge >= 0.3 is 0 Å². The summed E-state index contributed by atoms with van der Waals surface area (Å²) in [6.45, 7) is 0. The lowest BCUT2D eigenvalue weighted by molar-refractivity contribution is 0.0947. The second-order valence-electron chi connectivity index (χ2n) is 6.56. The fourth-order valence-electron chi connectivity index (χ4n) is 4.10. The van der Waals surface area contributed by atoms with Crippen LogP contribution < -0.4 is 0 Å². The van der Waals surface area contributed by atoms with E-state index in [9.17, 15) is 9.18 Å². The van der Waals surface area contributed by atoms with Crippen LogP contribution >= 0.6 is 0 Å². The van der Waals surface area contributed by atoms with Crippen LogP contribution in [0.1, 0.15) is 27.0 Å². The first-order valence-corrected chi connectivity index (χ1v) is 8.27. The Morgan fingerprint density at radius 1 is 0.920 bits per heavy atom. The fourth-order valence-corrected chi connectivity index (χ4v) is 4.10. The summed E-state index contributed by atoms with van der Waals surface area (Å²) in [5, 5.41) is 0. The summed E-state index contributed by atoms with van der Waals surface area (Å²) in [6.07, 6.45) is 0.520. The van der Waals surface area contributed by atoms with Gasteiger partial charge in [-0.05, 0) is 41.3 Å². The highest BCUT2D eigenvalue weighted by Gasteiger charge is 2.54. The van der Waals surface area contributed by atoms with Gasteiger partial charge in [0.2, 0.25) is 0 Å². The maximum Gasteiger partial charge on any atom is 0.180 e. The standard InChI is InChI=1S/C22H14FNO/c23-16-11-10-15-13-22(21(25)17(15)12-16)18-8-4-5-9-19(18)24-20(22)14-6-2-1-3-7-14/h1-12H,13H2. The number of rotatable bonds is 1. The van der Waals surface area contributed by atoms with Crippen LogP contribution in [-0.4, -0.2) is 11.5 Å². The van der Waals surface area contributed by atoms with Crippen molar-refractivity contribution in [3.05, 3.63) is 101 Å². The highest BCUT2D eigenvalue weighted by molar-refractivity contribution is 6.31. The molecule has 1 heterocycles. The zero-order valence-corrected chi connectivity index (χ0v) is 13.4. The van der Waals surface area contributed by atoms with Crippen LogP contribution in [0.4, 0.5) is 10.1 Å². The molecule has 120 valence electrons. The third kappa shape index (κ3) is 1.84. The summed E-state index contributed by atoms with van der Waals surface area (Å²) in [6, 6.07) is 22.0. The molecule has 0 N–H and O–H groups in total. The minimum absolute atomic E-state index is 0.0606. The van der Waals surface area contributed by atoms with Gasteiger partial charge < -0.3 is 0 Å². The zero-order valence-electron chi connectivity index (χ0n) is 13.4. The van der Waals surface area contributed by atoms with E-state index in [-0.39, 0.29) is 11.6 Å². The van der Waals surface area contributed by atoms with Crippen LogP contribution in [0.2, 0.25) is 0 Å². The molecule has 0 aromatic heterocycles. The number of nitrogens with zero attached hydrogens (tertiary/aromatic N) is 1. The number of aliphatic imine (C=N–C) groups is 1. The molecule has 25 heavy (non-hydrogen) atoms. The SMILES string of the molecule is O=C1c2cc(F)ccc2CC12C(c1ccccc1)=Nc1ccccc12. The van der Waals surface area contributed by atoms with E-state index in [0.29, 0.717) is 12.0 Å². The van der Waals surface area contributed by atoms with Gasteiger partial charge in [0, 0.05) is 5.56 Å². The number of carbonyl (C=O) groups is 1. The topological polar surface area (TPSA) is 29.4 Å². The predicted molar refractivity (Wildman–Crippen MR) is 95.2 cm³/mol. The van der Waals surface area contributed by atoms with Gasteiger partial charge in [-0.1, -0.05) is 54.6 Å². The van der Waals surface area contributed by atoms with Crippen LogP contribution in [0.15, 0.2) is 77.8 Å². The molecule has 1 unspecified atom stereocenters. The number of ketones is 1. The van der Waals surface area contributed by atoms with E-state index in [1.165, 1.54) is 12.1 Å². The molecule has 0 saturated carbocycles. The van der Waals surface area contributed by atoms with Gasteiger partial charge in [0.05, 0.1) is 11.4 Å². The highest BCUT2D eigenvalue weighted by Crippen LogP contribution is 2.50. The van der Waals surface area contributed by atoms with Crippen molar-refractivity contribution in [3.63, 3.8) is 0 Å². The summed E-state index contributed by atoms with van der Waals surface area (Å²) < 4.78 is 13.7. The minimum Gasteiger partial charge on any atom is -0.293 e. The number of fused-ring (bicyclic) bond motifs is 3. The van der Waals surface area contributed by atoms with Gasteiger partial charge in [-0.25, -0.2) is 4.39 Å². The smallest absolute Gasteiger partial charge is 0.180 e. The Morgan fingerprint density at radius 2 is 1.68 bits per heavy atom. The van der Waals surface area contributed by atoms with Crippen molar-refractivity contribution in [3.8, 4) is 0 Å². The minimum atomic E-state index is -0.853. The number of para-hydroxylation sites is 1. The first-order valence-electron chi connectivity index (χ1n) is 8.27. The molecule has 3 heteroatoms. The van der Waals surface area contributed by atoms with Crippen molar-refractivity contribution in [2.45, 2.75) is 11.8 Å². The lowest BCUT2D eigenvalue weighted by atomic mass is 9.72. The molecule has 0 fully saturated rings. The second-order valence-corrected chi connectivity index (χ2v) is 6.56. The number of carbonyl (C=O) groups excluding carboxylic acids is 1. The molecule has 1 atom stereocenters. The van der Waals surface area contributed by atoms with Crippen LogP contribution in [-0.2, 0) is 11.8 Å². The van der Waals surface area contributed by atoms with Gasteiger partial charge in [0.15, 0.2) is 5.78 Å². The first kappa shape index (κ1) is 14.3. The van der Waals surface area contributed by atoms with Gasteiger partial charge in [-0.15, -0.1) is 0 Å². The molecule has 2 nitrogen and oxygen atoms in total. The molecule has 2 aliphatic rings. The van der Waals surface area contributed by atoms with Gasteiger partial charge in [-0.2, -0.15) is 0 Å². The molecular formula is C22H14FNO. The van der Waals surface area contributed by atoms with E-state index in [1.807, 2.05) is 54.6 Å². The van der Waals surface area contributed by atoms with Crippen LogP contribution in [0, 0.1) is 5.82 Å². The Kier molecular flexibility index (Phi) is 2.84. The Balaban J connectivity index is 1.79. The number of halogens is 1. The van der Waals surface area contributed by atoms with Crippen molar-refractivity contribution in [2.24, 2.45) is 4.99 Å². The zero-order chi connectivity index (χ0) is 17.0. The molecule has 0 radical (unpaired) electrons. The van der Waals surface area contributed by atoms with Gasteiger partial charge in [0.1, 0.15) is 11.2 Å². The number of hydrogen-bond donors (Lipinski definition) is 0. The quantitative estimate of drug-likeness (QED) is 0.640. The van der Waals surface area contributed by atoms with Crippen molar-refractivity contribution in [1.29, 1.82) is 0 Å². The number of hydrogen-bond acceptors (Lipinski definition) is 2. The average molecular weight is 327 g/mol. The van der Waals surface area contributed by atoms with Gasteiger partial charge in [-0.3, -0.25) is 9.79 Å². The summed E-state index contributed by atoms with van der Waals surface area (Å²) >= 11 is 0. The molecule has 3 aromatic rings. The largest absolute Gasteiger partial charge is 0.293 e. The monoisotopic (exact) mass is 327 g/mol. The molecule has 0 amide bonds. The Labute approximate surface area is 144 Å². The van der Waals surface area contributed by atoms with Crippen molar-refractivity contribution in [1.82, 2.24) is 0 Å². The van der Waals surface area contributed by atoms with E-state index in [1.54, 1.807) is 6.07 Å². The lowest BCUT2D eigenvalue weighted by Crippen LogP contribution is -2.40. The Bertz CT molecular complexity index is 1050. The third-order valence-electron chi connectivity index (χ3n) is 5.21. The molecule has 0 saturated heterocycles. The van der Waals surface area contributed by atoms with Crippen molar-refractivity contribution in [2.75, 3.05) is 0 Å². The second kappa shape index (κ2) is 4.96. The summed E-state index contributed by atoms with van der Waals surface area (Å²) in [7, 11) is 0. The first-order chi connectivity index (χ1) is 12.2. The van der Waals surface area contributed by atoms with E-state index in [4.69, 9.17) is 4.99 Å². The number of benzene rings is 3. The van der Waals surface area contributed by atoms with Crippen LogP contribution in [0.25, 0.3) is 0 Å². The number of Topliss-reactive ketones (excluding diaryl/α,β-unsaturated/α-hetero) is 1. The predicted octanol–water partition coefficient (Wildman–Crippen LogP) is 4.64. The molecule has 0 bridgehead atoms. The van der Waals surface area contributed by atoms with E-state index < -0.39 is 5.41 Å². The average Bonchev–Trinajstić information content (AvgIpc) is 3.13. The van der Waals surface area contributed by atoms with E-state index in [2.05, 4.69) is 0 Å². The molecule has 5 rings (SSSR count). The summed E-state index contributed by atoms with van der Waals surface area (Å²) in [5.41, 5.74) is 3.93. The molecule has 3 aromatic carbocycles. The van der Waals surface area contributed by atoms with E-state index in [0.717, 1.165) is 28.1 Å². The Hall–Kier alpha value is -3.07. The molecule has 1 spiro atoms. The fraction of sp³-hybridized carbons (Fsp3) is 0.0909. The Morgan fingerprint density at radius 3 is 2.52 bits per heavy atom. The van der Waals surface area contributed by atoms with Crippen LogP contribution in [0.5, 0.6) is 0 Å². The van der Waals surface area contributed by atoms with Gasteiger partial charge in [0.25, 0.3) is 0 Å². The maximum absolute atomic E-state index is 13.7. The van der Waals surface area contributed by atoms with Crippen molar-refractivity contribution < 1.29 is 9.18 Å². The summed E-state index contributed by atoms with van der Waals surface area (Å²) in [4.78, 5) is 18.3. The molecular weight excluding hydrogens is 313 g/mol. The van der Waals surface area contributed by atoms with Crippen molar-refractivity contribution >= 4 is 17.2 Å². The summed E-state index contributed by atoms with van der Waals surface area (Å²) in [5.74, 6) is -0.441. The lowest BCUT2D eigenvalue weighted by Gasteiger charge is -2.25. The molecule has 1 aliphatic heterocycles. The van der Waals surface area contributed by atoms with E-state index >= 15 is 0 Å². The highest BCUT2D eigenvalue weighted by atomic mass is 19.1.